The number of piperidine rings is 1. The molecular formula is C33H49N3O10. The molecule has 0 amide bonds. The van der Waals surface area contributed by atoms with Crippen molar-refractivity contribution in [2.45, 2.75) is 50.8 Å². The summed E-state index contributed by atoms with van der Waals surface area (Å²) in [5, 5.41) is 23.3. The van der Waals surface area contributed by atoms with E-state index in [2.05, 4.69) is 40.2 Å². The largest absolute Gasteiger partial charge is 0.490 e. The summed E-state index contributed by atoms with van der Waals surface area (Å²) >= 11 is 0. The third kappa shape index (κ3) is 11.0. The summed E-state index contributed by atoms with van der Waals surface area (Å²) in [6.45, 7) is 7.85. The molecule has 5 atom stereocenters. The fourth-order valence-electron chi connectivity index (χ4n) is 5.84. The predicted octanol–water partition coefficient (Wildman–Crippen LogP) is 2.95. The lowest BCUT2D eigenvalue weighted by Gasteiger charge is -2.39. The minimum absolute atomic E-state index is 0.112. The average Bonchev–Trinajstić information content (AvgIpc) is 3.06. The van der Waals surface area contributed by atoms with E-state index in [4.69, 9.17) is 28.4 Å². The van der Waals surface area contributed by atoms with E-state index >= 15 is 0 Å². The van der Waals surface area contributed by atoms with Gasteiger partial charge in [-0.25, -0.2) is 0 Å². The quantitative estimate of drug-likeness (QED) is 0.124. The van der Waals surface area contributed by atoms with Gasteiger partial charge in [-0.1, -0.05) is 37.3 Å². The van der Waals surface area contributed by atoms with Crippen LogP contribution < -0.4 is 15.0 Å². The highest BCUT2D eigenvalue weighted by Gasteiger charge is 2.36. The van der Waals surface area contributed by atoms with Crippen LogP contribution in [-0.2, 0) is 41.7 Å². The summed E-state index contributed by atoms with van der Waals surface area (Å²) < 4.78 is 35.0. The Balaban J connectivity index is 1.45. The van der Waals surface area contributed by atoms with Crippen LogP contribution in [0.3, 0.4) is 0 Å². The van der Waals surface area contributed by atoms with Crippen molar-refractivity contribution in [2.75, 3.05) is 84.9 Å². The van der Waals surface area contributed by atoms with E-state index in [-0.39, 0.29) is 24.7 Å². The van der Waals surface area contributed by atoms with Crippen molar-refractivity contribution in [3.63, 3.8) is 0 Å². The molecule has 1 saturated heterocycles. The molecule has 2 aromatic rings. The van der Waals surface area contributed by atoms with Crippen molar-refractivity contribution in [1.82, 2.24) is 5.32 Å². The second-order valence-electron chi connectivity index (χ2n) is 11.9. The maximum absolute atomic E-state index is 10.6. The molecule has 2 N–H and O–H groups in total. The molecule has 2 aliphatic heterocycles. The molecule has 13 heteroatoms. The van der Waals surface area contributed by atoms with Gasteiger partial charge < -0.3 is 48.6 Å². The van der Waals surface area contributed by atoms with Crippen LogP contribution in [0.25, 0.3) is 0 Å². The van der Waals surface area contributed by atoms with Crippen LogP contribution >= 0.6 is 0 Å². The number of fused-ring (bicyclic) bond motifs is 1. The maximum Gasteiger partial charge on any atom is 0.294 e. The normalized spacial score (nSPS) is 20.9. The molecule has 2 aliphatic rings. The van der Waals surface area contributed by atoms with Crippen LogP contribution in [0.15, 0.2) is 42.5 Å². The molecular weight excluding hydrogens is 598 g/mol. The van der Waals surface area contributed by atoms with Crippen LogP contribution in [0.1, 0.15) is 36.0 Å². The van der Waals surface area contributed by atoms with E-state index in [0.29, 0.717) is 58.6 Å². The fourth-order valence-corrected chi connectivity index (χ4v) is 5.84. The number of ether oxygens (including phenoxy) is 6. The number of aliphatic hydroxyl groups is 1. The van der Waals surface area contributed by atoms with Gasteiger partial charge in [-0.05, 0) is 35.2 Å². The second-order valence-corrected chi connectivity index (χ2v) is 11.9. The summed E-state index contributed by atoms with van der Waals surface area (Å²) in [6.07, 6.45) is -0.808. The number of nitrogens with zero attached hydrogens (tertiary/aromatic N) is 2. The number of hydrogen-bond donors (Lipinski definition) is 2. The highest BCUT2D eigenvalue weighted by Crippen LogP contribution is 2.35. The van der Waals surface area contributed by atoms with Crippen molar-refractivity contribution in [3.8, 4) is 5.75 Å². The van der Waals surface area contributed by atoms with Crippen LogP contribution in [-0.4, -0.2) is 109 Å². The van der Waals surface area contributed by atoms with E-state index in [9.17, 15) is 15.2 Å². The molecule has 0 aliphatic carbocycles. The minimum Gasteiger partial charge on any atom is -0.490 e. The Hall–Kier alpha value is -3.04. The molecule has 4 rings (SSSR count). The Bertz CT molecular complexity index is 1190. The second kappa shape index (κ2) is 18.9. The molecule has 0 bridgehead atoms. The van der Waals surface area contributed by atoms with Crippen LogP contribution in [0, 0.1) is 16.0 Å². The lowest BCUT2D eigenvalue weighted by molar-refractivity contribution is -0.759. The van der Waals surface area contributed by atoms with E-state index in [1.807, 2.05) is 24.3 Å². The standard InChI is InChI=1S/C33H49N3O10/c1-24(18-41-3)19-42-20-25-5-8-27(9-6-25)33-31(16-34-17-32(33)45-22-28(37)23-46-36(38)39)44-21-26-7-10-30-29(15-26)35(12-14-43-30)11-4-13-40-2/h5-10,15,24,28,31-34,37H,4,11-14,16-23H2,1-3H3/t24?,28?,31-,32+,33+/m0/s1. The van der Waals surface area contributed by atoms with E-state index in [1.165, 1.54) is 0 Å². The highest BCUT2D eigenvalue weighted by molar-refractivity contribution is 5.61. The van der Waals surface area contributed by atoms with Gasteiger partial charge in [-0.3, -0.25) is 0 Å². The van der Waals surface area contributed by atoms with Gasteiger partial charge in [0.2, 0.25) is 0 Å². The van der Waals surface area contributed by atoms with Gasteiger partial charge in [0.05, 0.1) is 57.5 Å². The molecule has 2 unspecified atom stereocenters. The molecule has 13 nitrogen and oxygen atoms in total. The van der Waals surface area contributed by atoms with Gasteiger partial charge in [0.25, 0.3) is 5.09 Å². The van der Waals surface area contributed by atoms with Crippen LogP contribution in [0.2, 0.25) is 0 Å². The van der Waals surface area contributed by atoms with Crippen molar-refractivity contribution in [1.29, 1.82) is 0 Å². The molecule has 46 heavy (non-hydrogen) atoms. The first-order valence-electron chi connectivity index (χ1n) is 15.9. The van der Waals surface area contributed by atoms with Crippen molar-refractivity contribution in [2.24, 2.45) is 5.92 Å². The van der Waals surface area contributed by atoms with Crippen molar-refractivity contribution in [3.05, 3.63) is 69.3 Å². The summed E-state index contributed by atoms with van der Waals surface area (Å²) in [7, 11) is 3.40. The lowest BCUT2D eigenvalue weighted by Crippen LogP contribution is -2.51. The monoisotopic (exact) mass is 647 g/mol. The molecule has 2 heterocycles. The number of hydrogen-bond acceptors (Lipinski definition) is 12. The number of aliphatic hydroxyl groups excluding tert-OH is 1. The zero-order chi connectivity index (χ0) is 32.7. The first-order chi connectivity index (χ1) is 22.4. The lowest BCUT2D eigenvalue weighted by atomic mass is 9.85. The molecule has 1 fully saturated rings. The van der Waals surface area contributed by atoms with Crippen molar-refractivity contribution < 1.29 is 43.5 Å². The molecule has 256 valence electrons. The number of rotatable bonds is 20. The number of anilines is 1. The first-order valence-corrected chi connectivity index (χ1v) is 15.9. The van der Waals surface area contributed by atoms with Gasteiger partial charge in [0.1, 0.15) is 25.1 Å². The van der Waals surface area contributed by atoms with Gasteiger partial charge in [-0.15, -0.1) is 10.1 Å². The van der Waals surface area contributed by atoms with E-state index in [0.717, 1.165) is 47.6 Å². The number of benzene rings is 2. The third-order valence-corrected chi connectivity index (χ3v) is 8.08. The van der Waals surface area contributed by atoms with Gasteiger partial charge in [0.15, 0.2) is 0 Å². The van der Waals surface area contributed by atoms with E-state index in [1.54, 1.807) is 14.2 Å². The predicted molar refractivity (Wildman–Crippen MR) is 171 cm³/mol. The first kappa shape index (κ1) is 35.8. The highest BCUT2D eigenvalue weighted by atomic mass is 17.0. The maximum atomic E-state index is 10.6. The Kier molecular flexibility index (Phi) is 14.7. The SMILES string of the molecule is COCCCN1CCOc2ccc(CO[C@H]3CNC[C@@H](OCC(O)CO[N+](=O)[O-])[C@@H]3c3ccc(COCC(C)COC)cc3)cc21. The average molecular weight is 648 g/mol. The Labute approximate surface area is 271 Å². The smallest absolute Gasteiger partial charge is 0.294 e. The topological polar surface area (TPSA) is 143 Å². The molecule has 0 saturated carbocycles. The summed E-state index contributed by atoms with van der Waals surface area (Å²) in [4.78, 5) is 17.2. The number of nitrogens with one attached hydrogen (secondary N) is 1. The molecule has 2 aromatic carbocycles. The summed E-state index contributed by atoms with van der Waals surface area (Å²) in [5.41, 5.74) is 4.18. The molecule has 0 aromatic heterocycles. The zero-order valence-electron chi connectivity index (χ0n) is 27.1. The summed E-state index contributed by atoms with van der Waals surface area (Å²) in [5.74, 6) is 1.02. The Morgan fingerprint density at radius 2 is 1.76 bits per heavy atom. The minimum atomic E-state index is -1.14. The van der Waals surface area contributed by atoms with Gasteiger partial charge >= 0.3 is 0 Å². The fraction of sp³-hybridized carbons (Fsp3) is 0.636. The molecule has 0 spiro atoms. The Morgan fingerprint density at radius 3 is 2.50 bits per heavy atom. The third-order valence-electron chi connectivity index (χ3n) is 8.08. The zero-order valence-corrected chi connectivity index (χ0v) is 27.1. The van der Waals surface area contributed by atoms with Crippen molar-refractivity contribution >= 4 is 5.69 Å². The van der Waals surface area contributed by atoms with E-state index < -0.39 is 17.8 Å². The molecule has 0 radical (unpaired) electrons. The van der Waals surface area contributed by atoms with Gasteiger partial charge in [-0.2, -0.15) is 0 Å². The van der Waals surface area contributed by atoms with Crippen LogP contribution in [0.4, 0.5) is 5.69 Å². The Morgan fingerprint density at radius 1 is 1.00 bits per heavy atom. The number of methoxy groups -OCH3 is 2. The van der Waals surface area contributed by atoms with Crippen LogP contribution in [0.5, 0.6) is 5.75 Å². The van der Waals surface area contributed by atoms with Gasteiger partial charge in [0, 0.05) is 52.3 Å². The summed E-state index contributed by atoms with van der Waals surface area (Å²) in [6, 6.07) is 14.4.